The number of nitrogens with zero attached hydrogens (tertiary/aromatic N) is 3. The lowest BCUT2D eigenvalue weighted by Gasteiger charge is -2.06. The van der Waals surface area contributed by atoms with Gasteiger partial charge in [-0.05, 0) is 37.6 Å². The molecule has 1 amide bonds. The summed E-state index contributed by atoms with van der Waals surface area (Å²) in [4.78, 5) is 20.3. The van der Waals surface area contributed by atoms with Gasteiger partial charge in [0.15, 0.2) is 16.7 Å². The molecule has 0 aliphatic heterocycles. The average molecular weight is 381 g/mol. The zero-order valence-electron chi connectivity index (χ0n) is 13.9. The van der Waals surface area contributed by atoms with Crippen molar-refractivity contribution < 1.29 is 14.6 Å². The van der Waals surface area contributed by atoms with Crippen molar-refractivity contribution in [1.29, 1.82) is 0 Å². The third-order valence-electron chi connectivity index (χ3n) is 2.97. The van der Waals surface area contributed by atoms with E-state index >= 15 is 0 Å². The predicted octanol–water partition coefficient (Wildman–Crippen LogP) is 2.70. The summed E-state index contributed by atoms with van der Waals surface area (Å²) in [5.41, 5.74) is 4.69. The fourth-order valence-electron chi connectivity index (χ4n) is 1.92. The number of aromatic nitrogens is 2. The Morgan fingerprint density at radius 3 is 2.68 bits per heavy atom. The van der Waals surface area contributed by atoms with Crippen LogP contribution in [0.1, 0.15) is 17.0 Å². The van der Waals surface area contributed by atoms with E-state index in [1.54, 1.807) is 6.07 Å². The zero-order chi connectivity index (χ0) is 18.4. The molecule has 0 spiro atoms. The molecule has 1 aromatic heterocycles. The van der Waals surface area contributed by atoms with E-state index in [0.717, 1.165) is 11.4 Å². The van der Waals surface area contributed by atoms with Gasteiger partial charge in [0.25, 0.3) is 5.91 Å². The van der Waals surface area contributed by atoms with Crippen LogP contribution in [0.2, 0.25) is 5.02 Å². The molecular formula is C16H17ClN4O3S. The summed E-state index contributed by atoms with van der Waals surface area (Å²) in [6, 6.07) is 4.92. The SMILES string of the molecule is COc1cc(/C=N\NC(=O)CSc2nc(C)cc(C)n2)cc(Cl)c1O. The Labute approximate surface area is 154 Å². The quantitative estimate of drug-likeness (QED) is 0.346. The number of carbonyl (C=O) groups is 1. The molecule has 25 heavy (non-hydrogen) atoms. The maximum atomic E-state index is 11.8. The van der Waals surface area contributed by atoms with Crippen LogP contribution in [0.4, 0.5) is 0 Å². The number of aryl methyl sites for hydroxylation is 2. The topological polar surface area (TPSA) is 96.7 Å². The van der Waals surface area contributed by atoms with Gasteiger partial charge in [-0.25, -0.2) is 15.4 Å². The number of hydrazone groups is 1. The Kier molecular flexibility index (Phi) is 6.60. The summed E-state index contributed by atoms with van der Waals surface area (Å²) < 4.78 is 5.00. The average Bonchev–Trinajstić information content (AvgIpc) is 2.55. The molecule has 0 aliphatic carbocycles. The largest absolute Gasteiger partial charge is 0.503 e. The van der Waals surface area contributed by atoms with Gasteiger partial charge in [-0.15, -0.1) is 0 Å². The first kappa shape index (κ1) is 19.0. The minimum atomic E-state index is -0.291. The second-order valence-electron chi connectivity index (χ2n) is 5.07. The molecule has 7 nitrogen and oxygen atoms in total. The third-order valence-corrected chi connectivity index (χ3v) is 4.10. The molecule has 2 aromatic rings. The smallest absolute Gasteiger partial charge is 0.250 e. The maximum Gasteiger partial charge on any atom is 0.250 e. The number of hydrogen-bond donors (Lipinski definition) is 2. The molecule has 1 aromatic carbocycles. The Hall–Kier alpha value is -2.32. The van der Waals surface area contributed by atoms with E-state index < -0.39 is 0 Å². The van der Waals surface area contributed by atoms with Gasteiger partial charge in [-0.2, -0.15) is 5.10 Å². The molecule has 2 N–H and O–H groups in total. The molecule has 0 aliphatic rings. The number of halogens is 1. The molecule has 0 atom stereocenters. The minimum Gasteiger partial charge on any atom is -0.503 e. The third kappa shape index (κ3) is 5.61. The maximum absolute atomic E-state index is 11.8. The summed E-state index contributed by atoms with van der Waals surface area (Å²) in [5, 5.41) is 14.2. The van der Waals surface area contributed by atoms with Crippen molar-refractivity contribution in [2.24, 2.45) is 5.10 Å². The minimum absolute atomic E-state index is 0.134. The first-order chi connectivity index (χ1) is 11.9. The Morgan fingerprint density at radius 1 is 1.36 bits per heavy atom. The number of benzene rings is 1. The molecule has 0 radical (unpaired) electrons. The van der Waals surface area contributed by atoms with Crippen molar-refractivity contribution >= 4 is 35.5 Å². The highest BCUT2D eigenvalue weighted by atomic mass is 35.5. The Balaban J connectivity index is 1.91. The van der Waals surface area contributed by atoms with E-state index in [1.165, 1.54) is 31.2 Å². The number of phenols is 1. The van der Waals surface area contributed by atoms with Crippen LogP contribution in [0.25, 0.3) is 0 Å². The molecular weight excluding hydrogens is 364 g/mol. The number of ether oxygens (including phenoxy) is 1. The fourth-order valence-corrected chi connectivity index (χ4v) is 2.88. The van der Waals surface area contributed by atoms with Crippen LogP contribution in [0.3, 0.4) is 0 Å². The van der Waals surface area contributed by atoms with Crippen molar-refractivity contribution in [2.75, 3.05) is 12.9 Å². The number of phenolic OH excluding ortho intramolecular Hbond substituents is 1. The number of amides is 1. The van der Waals surface area contributed by atoms with E-state index in [-0.39, 0.29) is 28.2 Å². The van der Waals surface area contributed by atoms with E-state index in [9.17, 15) is 9.90 Å². The zero-order valence-corrected chi connectivity index (χ0v) is 15.5. The summed E-state index contributed by atoms with van der Waals surface area (Å²) in [7, 11) is 1.42. The van der Waals surface area contributed by atoms with Gasteiger partial charge in [0.1, 0.15) is 0 Å². The fraction of sp³-hybridized carbons (Fsp3) is 0.250. The number of carbonyl (C=O) groups excluding carboxylic acids is 1. The van der Waals surface area contributed by atoms with Gasteiger partial charge in [-0.1, -0.05) is 23.4 Å². The van der Waals surface area contributed by atoms with E-state index in [4.69, 9.17) is 16.3 Å². The predicted molar refractivity (Wildman–Crippen MR) is 97.6 cm³/mol. The highest BCUT2D eigenvalue weighted by Crippen LogP contribution is 2.34. The Bertz CT molecular complexity index is 794. The lowest BCUT2D eigenvalue weighted by atomic mass is 10.2. The monoisotopic (exact) mass is 380 g/mol. The Morgan fingerprint density at radius 2 is 2.04 bits per heavy atom. The number of methoxy groups -OCH3 is 1. The molecule has 9 heteroatoms. The number of rotatable bonds is 6. The van der Waals surface area contributed by atoms with Gasteiger partial charge in [-0.3, -0.25) is 4.79 Å². The highest BCUT2D eigenvalue weighted by Gasteiger charge is 2.08. The lowest BCUT2D eigenvalue weighted by molar-refractivity contribution is -0.118. The molecule has 0 bridgehead atoms. The van der Waals surface area contributed by atoms with E-state index in [0.29, 0.717) is 10.7 Å². The van der Waals surface area contributed by atoms with Crippen molar-refractivity contribution in [1.82, 2.24) is 15.4 Å². The van der Waals surface area contributed by atoms with Gasteiger partial charge in [0, 0.05) is 11.4 Å². The number of nitrogens with one attached hydrogen (secondary N) is 1. The molecule has 0 saturated carbocycles. The first-order valence-electron chi connectivity index (χ1n) is 7.22. The van der Waals surface area contributed by atoms with Gasteiger partial charge in [0.2, 0.25) is 0 Å². The molecule has 0 unspecified atom stereocenters. The molecule has 132 valence electrons. The van der Waals surface area contributed by atoms with Crippen LogP contribution >= 0.6 is 23.4 Å². The van der Waals surface area contributed by atoms with Crippen LogP contribution < -0.4 is 10.2 Å². The second kappa shape index (κ2) is 8.68. The van der Waals surface area contributed by atoms with E-state index in [2.05, 4.69) is 20.5 Å². The molecule has 0 fully saturated rings. The van der Waals surface area contributed by atoms with E-state index in [1.807, 2.05) is 19.9 Å². The number of hydrogen-bond acceptors (Lipinski definition) is 7. The van der Waals surface area contributed by atoms with Gasteiger partial charge >= 0.3 is 0 Å². The van der Waals surface area contributed by atoms with Crippen LogP contribution in [0, 0.1) is 13.8 Å². The molecule has 1 heterocycles. The first-order valence-corrected chi connectivity index (χ1v) is 8.59. The number of thioether (sulfide) groups is 1. The summed E-state index contributed by atoms with van der Waals surface area (Å²) in [6.45, 7) is 3.75. The van der Waals surface area contributed by atoms with Gasteiger partial charge in [0.05, 0.1) is 24.1 Å². The molecule has 0 saturated heterocycles. The van der Waals surface area contributed by atoms with Crippen molar-refractivity contribution in [3.05, 3.63) is 40.2 Å². The lowest BCUT2D eigenvalue weighted by Crippen LogP contribution is -2.19. The number of aromatic hydroxyl groups is 1. The van der Waals surface area contributed by atoms with Crippen LogP contribution in [0.5, 0.6) is 11.5 Å². The van der Waals surface area contributed by atoms with Crippen molar-refractivity contribution in [3.8, 4) is 11.5 Å². The van der Waals surface area contributed by atoms with Crippen LogP contribution in [-0.2, 0) is 4.79 Å². The van der Waals surface area contributed by atoms with Crippen molar-refractivity contribution in [2.45, 2.75) is 19.0 Å². The summed E-state index contributed by atoms with van der Waals surface area (Å²) >= 11 is 7.12. The van der Waals surface area contributed by atoms with Crippen LogP contribution in [0.15, 0.2) is 28.5 Å². The highest BCUT2D eigenvalue weighted by molar-refractivity contribution is 7.99. The second-order valence-corrected chi connectivity index (χ2v) is 6.42. The van der Waals surface area contributed by atoms with Gasteiger partial charge < -0.3 is 9.84 Å². The summed E-state index contributed by atoms with van der Waals surface area (Å²) in [5.74, 6) is -0.0706. The molecule has 2 rings (SSSR count). The van der Waals surface area contributed by atoms with Crippen molar-refractivity contribution in [3.63, 3.8) is 0 Å². The normalized spacial score (nSPS) is 10.9. The summed E-state index contributed by atoms with van der Waals surface area (Å²) in [6.07, 6.45) is 1.41. The van der Waals surface area contributed by atoms with Crippen LogP contribution in [-0.4, -0.2) is 40.1 Å². The standard InChI is InChI=1S/C16H17ClN4O3S/c1-9-4-10(2)20-16(19-9)25-8-14(22)21-18-7-11-5-12(17)15(23)13(6-11)24-3/h4-7,23H,8H2,1-3H3,(H,21,22)/b18-7-.